The zero-order valence-corrected chi connectivity index (χ0v) is 16.3. The van der Waals surface area contributed by atoms with Gasteiger partial charge in [0.2, 0.25) is 5.90 Å². The molecule has 3 rings (SSSR count). The number of benzene rings is 2. The fourth-order valence-corrected chi connectivity index (χ4v) is 2.86. The van der Waals surface area contributed by atoms with Gasteiger partial charge < -0.3 is 14.2 Å². The first-order valence-corrected chi connectivity index (χ1v) is 9.00. The Balaban J connectivity index is 1.98. The van der Waals surface area contributed by atoms with E-state index in [0.717, 1.165) is 0 Å². The van der Waals surface area contributed by atoms with E-state index in [1.54, 1.807) is 18.2 Å². The Labute approximate surface area is 164 Å². The van der Waals surface area contributed by atoms with Crippen LogP contribution in [0.4, 0.5) is 0 Å². The van der Waals surface area contributed by atoms with Gasteiger partial charge in [-0.1, -0.05) is 34.1 Å². The summed E-state index contributed by atoms with van der Waals surface area (Å²) in [5.41, 5.74) is 1.52. The van der Waals surface area contributed by atoms with Crippen LogP contribution in [0.25, 0.3) is 6.08 Å². The number of rotatable bonds is 5. The molecule has 138 valence electrons. The van der Waals surface area contributed by atoms with E-state index in [0.29, 0.717) is 33.7 Å². The Morgan fingerprint density at radius 1 is 1.22 bits per heavy atom. The van der Waals surface area contributed by atoms with E-state index < -0.39 is 11.9 Å². The van der Waals surface area contributed by atoms with Crippen LogP contribution in [0, 0.1) is 0 Å². The van der Waals surface area contributed by atoms with Crippen molar-refractivity contribution in [1.29, 1.82) is 0 Å². The molecule has 2 aromatic carbocycles. The zero-order chi connectivity index (χ0) is 19.4. The lowest BCUT2D eigenvalue weighted by Crippen LogP contribution is -2.05. The second-order valence-electron chi connectivity index (χ2n) is 5.55. The number of ether oxygens (including phenoxy) is 3. The van der Waals surface area contributed by atoms with E-state index in [4.69, 9.17) is 14.2 Å². The molecule has 27 heavy (non-hydrogen) atoms. The van der Waals surface area contributed by atoms with Gasteiger partial charge in [-0.2, -0.15) is 0 Å². The lowest BCUT2D eigenvalue weighted by atomic mass is 10.1. The first kappa shape index (κ1) is 18.8. The molecule has 0 amide bonds. The summed E-state index contributed by atoms with van der Waals surface area (Å²) in [5.74, 6) is -0.0556. The van der Waals surface area contributed by atoms with Crippen LogP contribution in [-0.2, 0) is 14.3 Å². The molecule has 0 fully saturated rings. The van der Waals surface area contributed by atoms with E-state index in [2.05, 4.69) is 20.9 Å². The number of esters is 2. The molecule has 0 bridgehead atoms. The van der Waals surface area contributed by atoms with Crippen molar-refractivity contribution >= 4 is 39.8 Å². The van der Waals surface area contributed by atoms with E-state index in [1.807, 2.05) is 37.3 Å². The van der Waals surface area contributed by atoms with Gasteiger partial charge in [-0.25, -0.2) is 9.79 Å². The molecule has 0 spiro atoms. The first-order chi connectivity index (χ1) is 13.0. The molecule has 0 saturated heterocycles. The van der Waals surface area contributed by atoms with Crippen molar-refractivity contribution in [2.75, 3.05) is 6.61 Å². The minimum atomic E-state index is -0.539. The number of aliphatic imine (C=N–C) groups is 1. The maximum Gasteiger partial charge on any atom is 0.363 e. The monoisotopic (exact) mass is 429 g/mol. The normalized spacial score (nSPS) is 14.7. The highest BCUT2D eigenvalue weighted by Gasteiger charge is 2.24. The SMILES string of the molecule is CCOc1cc(C=C2N=C(c3ccccc3)OC2=O)c(Br)cc1OC(C)=O. The molecule has 1 aliphatic heterocycles. The standard InChI is InChI=1S/C20H16BrNO5/c1-3-25-17-10-14(15(21)11-18(17)26-12(2)23)9-16-20(24)27-19(22-16)13-7-5-4-6-8-13/h4-11H,3H2,1-2H3. The largest absolute Gasteiger partial charge is 0.490 e. The Morgan fingerprint density at radius 3 is 2.63 bits per heavy atom. The lowest BCUT2D eigenvalue weighted by Gasteiger charge is -2.12. The predicted octanol–water partition coefficient (Wildman–Crippen LogP) is 4.12. The lowest BCUT2D eigenvalue weighted by molar-refractivity contribution is -0.132. The molecular weight excluding hydrogens is 414 g/mol. The summed E-state index contributed by atoms with van der Waals surface area (Å²) in [4.78, 5) is 27.7. The summed E-state index contributed by atoms with van der Waals surface area (Å²) in [6, 6.07) is 12.5. The fourth-order valence-electron chi connectivity index (χ4n) is 2.43. The predicted molar refractivity (Wildman–Crippen MR) is 104 cm³/mol. The van der Waals surface area contributed by atoms with Crippen molar-refractivity contribution in [3.63, 3.8) is 0 Å². The van der Waals surface area contributed by atoms with Gasteiger partial charge in [-0.05, 0) is 42.8 Å². The Hall–Kier alpha value is -2.93. The van der Waals surface area contributed by atoms with E-state index >= 15 is 0 Å². The van der Waals surface area contributed by atoms with Crippen molar-refractivity contribution in [2.45, 2.75) is 13.8 Å². The molecule has 1 aliphatic rings. The van der Waals surface area contributed by atoms with Crippen LogP contribution in [0.1, 0.15) is 25.0 Å². The van der Waals surface area contributed by atoms with Crippen molar-refractivity contribution in [2.24, 2.45) is 4.99 Å². The Bertz CT molecular complexity index is 950. The quantitative estimate of drug-likeness (QED) is 0.406. The number of halogens is 1. The van der Waals surface area contributed by atoms with Gasteiger partial charge in [0.05, 0.1) is 6.61 Å². The highest BCUT2D eigenvalue weighted by Crippen LogP contribution is 2.35. The third kappa shape index (κ3) is 4.43. The maximum absolute atomic E-state index is 12.2. The summed E-state index contributed by atoms with van der Waals surface area (Å²) in [6.07, 6.45) is 1.59. The van der Waals surface area contributed by atoms with Crippen LogP contribution in [0.5, 0.6) is 11.5 Å². The van der Waals surface area contributed by atoms with Gasteiger partial charge >= 0.3 is 11.9 Å². The molecule has 0 aromatic heterocycles. The zero-order valence-electron chi connectivity index (χ0n) is 14.7. The van der Waals surface area contributed by atoms with Gasteiger partial charge in [0.1, 0.15) is 0 Å². The van der Waals surface area contributed by atoms with Crippen molar-refractivity contribution < 1.29 is 23.8 Å². The van der Waals surface area contributed by atoms with Crippen LogP contribution in [0.3, 0.4) is 0 Å². The number of nitrogens with zero attached hydrogens (tertiary/aromatic N) is 1. The van der Waals surface area contributed by atoms with Crippen LogP contribution in [-0.4, -0.2) is 24.4 Å². The highest BCUT2D eigenvalue weighted by atomic mass is 79.9. The summed E-state index contributed by atoms with van der Waals surface area (Å²) in [7, 11) is 0. The number of hydrogen-bond acceptors (Lipinski definition) is 6. The van der Waals surface area contributed by atoms with Gasteiger partial charge in [0, 0.05) is 17.0 Å². The van der Waals surface area contributed by atoms with Crippen LogP contribution < -0.4 is 9.47 Å². The summed E-state index contributed by atoms with van der Waals surface area (Å²) in [5, 5.41) is 0. The number of hydrogen-bond donors (Lipinski definition) is 0. The molecule has 0 aliphatic carbocycles. The van der Waals surface area contributed by atoms with Crippen LogP contribution in [0.15, 0.2) is 57.6 Å². The fraction of sp³-hybridized carbons (Fsp3) is 0.150. The molecule has 1 heterocycles. The van der Waals surface area contributed by atoms with E-state index in [-0.39, 0.29) is 11.6 Å². The van der Waals surface area contributed by atoms with Gasteiger partial charge in [-0.15, -0.1) is 0 Å². The summed E-state index contributed by atoms with van der Waals surface area (Å²) in [6.45, 7) is 3.53. The Morgan fingerprint density at radius 2 is 1.96 bits per heavy atom. The molecule has 7 heteroatoms. The molecule has 0 atom stereocenters. The van der Waals surface area contributed by atoms with Crippen molar-refractivity contribution in [3.05, 3.63) is 63.8 Å². The minimum absolute atomic E-state index is 0.164. The molecule has 0 radical (unpaired) electrons. The van der Waals surface area contributed by atoms with Gasteiger partial charge in [0.15, 0.2) is 17.2 Å². The summed E-state index contributed by atoms with van der Waals surface area (Å²) < 4.78 is 16.6. The third-order valence-corrected chi connectivity index (χ3v) is 4.24. The maximum atomic E-state index is 12.2. The first-order valence-electron chi connectivity index (χ1n) is 8.20. The highest BCUT2D eigenvalue weighted by molar-refractivity contribution is 9.10. The minimum Gasteiger partial charge on any atom is -0.490 e. The molecule has 0 N–H and O–H groups in total. The smallest absolute Gasteiger partial charge is 0.363 e. The topological polar surface area (TPSA) is 74.2 Å². The Kier molecular flexibility index (Phi) is 5.71. The van der Waals surface area contributed by atoms with Gasteiger partial charge in [-0.3, -0.25) is 4.79 Å². The van der Waals surface area contributed by atoms with Crippen molar-refractivity contribution in [3.8, 4) is 11.5 Å². The number of cyclic esters (lactones) is 1. The number of carbonyl (C=O) groups is 2. The molecule has 0 saturated carbocycles. The molecule has 2 aromatic rings. The third-order valence-electron chi connectivity index (χ3n) is 3.55. The van der Waals surface area contributed by atoms with Crippen LogP contribution >= 0.6 is 15.9 Å². The second-order valence-corrected chi connectivity index (χ2v) is 6.40. The average Bonchev–Trinajstić information content (AvgIpc) is 3.00. The second kappa shape index (κ2) is 8.18. The van der Waals surface area contributed by atoms with Gasteiger partial charge in [0.25, 0.3) is 0 Å². The summed E-state index contributed by atoms with van der Waals surface area (Å²) >= 11 is 3.42. The molecule has 0 unspecified atom stereocenters. The average molecular weight is 430 g/mol. The molecule has 6 nitrogen and oxygen atoms in total. The van der Waals surface area contributed by atoms with Crippen molar-refractivity contribution in [1.82, 2.24) is 0 Å². The molecular formula is C20H16BrNO5. The van der Waals surface area contributed by atoms with E-state index in [1.165, 1.54) is 6.92 Å². The van der Waals surface area contributed by atoms with Crippen LogP contribution in [0.2, 0.25) is 0 Å². The number of carbonyl (C=O) groups excluding carboxylic acids is 2. The van der Waals surface area contributed by atoms with E-state index in [9.17, 15) is 9.59 Å².